The van der Waals surface area contributed by atoms with Crippen molar-refractivity contribution in [2.24, 2.45) is 0 Å². The Labute approximate surface area is 198 Å². The summed E-state index contributed by atoms with van der Waals surface area (Å²) in [5.41, 5.74) is 1.22. The van der Waals surface area contributed by atoms with E-state index in [1.165, 1.54) is 11.8 Å². The fourth-order valence-electron chi connectivity index (χ4n) is 4.78. The molecule has 0 bridgehead atoms. The van der Waals surface area contributed by atoms with Gasteiger partial charge in [-0.1, -0.05) is 43.7 Å². The lowest BCUT2D eigenvalue weighted by atomic mass is 10.0. The Morgan fingerprint density at radius 1 is 1.25 bits per heavy atom. The molecule has 2 saturated heterocycles. The Morgan fingerprint density at radius 2 is 1.94 bits per heavy atom. The number of carbonyl (C=O) groups is 1. The topological polar surface area (TPSA) is 78.6 Å². The second-order valence-electron chi connectivity index (χ2n) is 8.40. The molecule has 1 amide bonds. The summed E-state index contributed by atoms with van der Waals surface area (Å²) in [6.07, 6.45) is 6.81. The van der Waals surface area contributed by atoms with Crippen LogP contribution in [-0.4, -0.2) is 52.0 Å². The van der Waals surface area contributed by atoms with Crippen LogP contribution in [0.15, 0.2) is 9.70 Å². The van der Waals surface area contributed by atoms with Crippen molar-refractivity contribution in [1.29, 1.82) is 5.26 Å². The van der Waals surface area contributed by atoms with E-state index >= 15 is 0 Å². The maximum atomic E-state index is 13.3. The molecule has 32 heavy (non-hydrogen) atoms. The quantitative estimate of drug-likeness (QED) is 0.480. The number of aromatic nitrogens is 1. The molecule has 170 valence electrons. The molecule has 1 aromatic rings. The van der Waals surface area contributed by atoms with Crippen LogP contribution in [0, 0.1) is 18.3 Å². The number of thioether (sulfide) groups is 1. The fraction of sp³-hybridized carbons (Fsp3) is 0.565. The predicted molar refractivity (Wildman–Crippen MR) is 131 cm³/mol. The van der Waals surface area contributed by atoms with Crippen LogP contribution in [0.25, 0.3) is 6.08 Å². The molecule has 0 aromatic carbocycles. The third-order valence-electron chi connectivity index (χ3n) is 6.39. The van der Waals surface area contributed by atoms with Gasteiger partial charge in [-0.3, -0.25) is 19.1 Å². The van der Waals surface area contributed by atoms with E-state index in [2.05, 4.69) is 11.0 Å². The van der Waals surface area contributed by atoms with Gasteiger partial charge in [0.05, 0.1) is 18.1 Å². The molecule has 1 aromatic heterocycles. The zero-order chi connectivity index (χ0) is 22.8. The van der Waals surface area contributed by atoms with Gasteiger partial charge in [0.25, 0.3) is 11.5 Å². The highest BCUT2D eigenvalue weighted by Gasteiger charge is 2.38. The Bertz CT molecular complexity index is 1060. The Morgan fingerprint density at radius 3 is 2.56 bits per heavy atom. The summed E-state index contributed by atoms with van der Waals surface area (Å²) in [7, 11) is 0. The molecule has 7 nitrogen and oxygen atoms in total. The number of hydrogen-bond acceptors (Lipinski definition) is 7. The van der Waals surface area contributed by atoms with Gasteiger partial charge in [-0.2, -0.15) is 5.26 Å². The van der Waals surface area contributed by atoms with E-state index in [9.17, 15) is 14.9 Å². The smallest absolute Gasteiger partial charge is 0.270 e. The van der Waals surface area contributed by atoms with Gasteiger partial charge >= 0.3 is 0 Å². The molecule has 2 aliphatic heterocycles. The molecule has 1 aliphatic carbocycles. The Hall–Kier alpha value is -2.15. The molecule has 3 heterocycles. The average molecular weight is 473 g/mol. The van der Waals surface area contributed by atoms with Crippen molar-refractivity contribution in [3.63, 3.8) is 0 Å². The lowest BCUT2D eigenvalue weighted by Crippen LogP contribution is -2.41. The van der Waals surface area contributed by atoms with E-state index in [0.29, 0.717) is 47.6 Å². The van der Waals surface area contributed by atoms with Gasteiger partial charge in [0.2, 0.25) is 0 Å². The molecule has 0 N–H and O–H groups in total. The summed E-state index contributed by atoms with van der Waals surface area (Å²) >= 11 is 6.89. The number of rotatable bonds is 5. The van der Waals surface area contributed by atoms with Crippen LogP contribution in [0.5, 0.6) is 0 Å². The van der Waals surface area contributed by atoms with E-state index in [-0.39, 0.29) is 23.1 Å². The summed E-state index contributed by atoms with van der Waals surface area (Å²) in [6, 6.07) is 2.28. The first kappa shape index (κ1) is 23.0. The second-order valence-corrected chi connectivity index (χ2v) is 10.1. The van der Waals surface area contributed by atoms with E-state index in [4.69, 9.17) is 17.0 Å². The standard InChI is InChI=1S/C23H28N4O3S2/c1-3-8-26-20(25-9-11-30-12-10-25)17(15(2)18(14-24)21(26)28)13-19-22(29)27(23(31)32-19)16-6-4-5-7-16/h13,16H,3-12H2,1-2H3. The van der Waals surface area contributed by atoms with Crippen LogP contribution in [0.1, 0.15) is 55.7 Å². The normalized spacial score (nSPS) is 21.1. The number of amides is 1. The monoisotopic (exact) mass is 472 g/mol. The minimum atomic E-state index is -0.274. The van der Waals surface area contributed by atoms with Gasteiger partial charge in [0, 0.05) is 31.2 Å². The van der Waals surface area contributed by atoms with Gasteiger partial charge in [-0.05, 0) is 37.8 Å². The molecule has 9 heteroatoms. The first-order valence-corrected chi connectivity index (χ1v) is 12.5. The van der Waals surface area contributed by atoms with Gasteiger partial charge in [0.1, 0.15) is 21.8 Å². The number of thiocarbonyl (C=S) groups is 1. The van der Waals surface area contributed by atoms with Crippen LogP contribution in [0.4, 0.5) is 5.82 Å². The van der Waals surface area contributed by atoms with Crippen molar-refractivity contribution in [3.8, 4) is 6.07 Å². The van der Waals surface area contributed by atoms with E-state index < -0.39 is 0 Å². The van der Waals surface area contributed by atoms with Crippen molar-refractivity contribution in [3.05, 3.63) is 31.9 Å². The summed E-state index contributed by atoms with van der Waals surface area (Å²) < 4.78 is 7.82. The van der Waals surface area contributed by atoms with Crippen LogP contribution >= 0.6 is 24.0 Å². The number of morpholine rings is 1. The van der Waals surface area contributed by atoms with Crippen molar-refractivity contribution in [1.82, 2.24) is 9.47 Å². The minimum absolute atomic E-state index is 0.0639. The lowest BCUT2D eigenvalue weighted by molar-refractivity contribution is -0.123. The molecular formula is C23H28N4O3S2. The lowest BCUT2D eigenvalue weighted by Gasteiger charge is -2.33. The zero-order valence-corrected chi connectivity index (χ0v) is 20.2. The zero-order valence-electron chi connectivity index (χ0n) is 18.6. The predicted octanol–water partition coefficient (Wildman–Crippen LogP) is 3.42. The van der Waals surface area contributed by atoms with Crippen molar-refractivity contribution in [2.45, 2.75) is 58.5 Å². The fourth-order valence-corrected chi connectivity index (χ4v) is 6.16. The number of nitrogens with zero attached hydrogens (tertiary/aromatic N) is 4. The molecule has 3 aliphatic rings. The number of carbonyl (C=O) groups excluding carboxylic acids is 1. The minimum Gasteiger partial charge on any atom is -0.378 e. The first-order valence-electron chi connectivity index (χ1n) is 11.2. The summed E-state index contributed by atoms with van der Waals surface area (Å²) in [4.78, 5) is 31.0. The third kappa shape index (κ3) is 4.12. The van der Waals surface area contributed by atoms with Crippen LogP contribution in [-0.2, 0) is 16.1 Å². The number of ether oxygens (including phenoxy) is 1. The number of hydrogen-bond donors (Lipinski definition) is 0. The molecule has 1 saturated carbocycles. The van der Waals surface area contributed by atoms with Gasteiger partial charge in [0.15, 0.2) is 0 Å². The molecule has 3 fully saturated rings. The molecule has 0 spiro atoms. The van der Waals surface area contributed by atoms with Crippen LogP contribution < -0.4 is 10.5 Å². The SMILES string of the molecule is CCCn1c(N2CCOCC2)c(C=C2SC(=S)N(C3CCCC3)C2=O)c(C)c(C#N)c1=O. The molecular weight excluding hydrogens is 444 g/mol. The molecule has 4 rings (SSSR count). The Balaban J connectivity index is 1.86. The van der Waals surface area contributed by atoms with Gasteiger partial charge in [-0.25, -0.2) is 0 Å². The number of pyridine rings is 1. The van der Waals surface area contributed by atoms with Gasteiger partial charge in [-0.15, -0.1) is 0 Å². The third-order valence-corrected chi connectivity index (χ3v) is 7.72. The number of anilines is 1. The van der Waals surface area contributed by atoms with Crippen LogP contribution in [0.3, 0.4) is 0 Å². The molecule has 0 radical (unpaired) electrons. The van der Waals surface area contributed by atoms with E-state index in [1.807, 2.05) is 13.0 Å². The maximum absolute atomic E-state index is 13.3. The highest BCUT2D eigenvalue weighted by Crippen LogP contribution is 2.39. The Kier molecular flexibility index (Phi) is 7.03. The van der Waals surface area contributed by atoms with Crippen molar-refractivity contribution in [2.75, 3.05) is 31.2 Å². The summed E-state index contributed by atoms with van der Waals surface area (Å²) in [5, 5.41) is 9.74. The molecule has 0 unspecified atom stereocenters. The van der Waals surface area contributed by atoms with E-state index in [1.54, 1.807) is 16.4 Å². The largest absolute Gasteiger partial charge is 0.378 e. The average Bonchev–Trinajstić information content (AvgIpc) is 3.40. The highest BCUT2D eigenvalue weighted by molar-refractivity contribution is 8.26. The first-order chi connectivity index (χ1) is 15.5. The van der Waals surface area contributed by atoms with Crippen molar-refractivity contribution < 1.29 is 9.53 Å². The van der Waals surface area contributed by atoms with Gasteiger partial charge < -0.3 is 9.64 Å². The van der Waals surface area contributed by atoms with Crippen molar-refractivity contribution >= 4 is 46.1 Å². The highest BCUT2D eigenvalue weighted by atomic mass is 32.2. The van der Waals surface area contributed by atoms with Crippen LogP contribution in [0.2, 0.25) is 0 Å². The summed E-state index contributed by atoms with van der Waals surface area (Å²) in [5.74, 6) is 0.703. The maximum Gasteiger partial charge on any atom is 0.270 e. The van der Waals surface area contributed by atoms with E-state index in [0.717, 1.165) is 43.5 Å². The molecule has 0 atom stereocenters. The summed E-state index contributed by atoms with van der Waals surface area (Å²) in [6.45, 7) is 6.75. The number of nitriles is 1. The second kappa shape index (κ2) is 9.77.